The SMILES string of the molecule is CCc1nc2ccccc2n1CCC(=O)N1CC[C@H](O)[C@@H](N2CCOCC2)CC1. The summed E-state index contributed by atoms with van der Waals surface area (Å²) < 4.78 is 7.61. The summed E-state index contributed by atoms with van der Waals surface area (Å²) in [7, 11) is 0. The van der Waals surface area contributed by atoms with Crippen LogP contribution in [-0.4, -0.2) is 81.9 Å². The summed E-state index contributed by atoms with van der Waals surface area (Å²) in [4.78, 5) is 21.9. The zero-order valence-corrected chi connectivity index (χ0v) is 17.3. The summed E-state index contributed by atoms with van der Waals surface area (Å²) in [6, 6.07) is 8.23. The molecule has 0 saturated carbocycles. The maximum Gasteiger partial charge on any atom is 0.224 e. The number of nitrogens with zero attached hydrogens (tertiary/aromatic N) is 4. The molecule has 4 rings (SSSR count). The van der Waals surface area contributed by atoms with Gasteiger partial charge in [0.1, 0.15) is 5.82 Å². The molecule has 0 bridgehead atoms. The Morgan fingerprint density at radius 1 is 1.17 bits per heavy atom. The van der Waals surface area contributed by atoms with Crippen LogP contribution < -0.4 is 0 Å². The van der Waals surface area contributed by atoms with Crippen molar-refractivity contribution < 1.29 is 14.6 Å². The van der Waals surface area contributed by atoms with E-state index in [2.05, 4.69) is 22.5 Å². The number of hydrogen-bond acceptors (Lipinski definition) is 5. The number of carbonyl (C=O) groups excluding carboxylic acids is 1. The van der Waals surface area contributed by atoms with E-state index in [0.717, 1.165) is 56.0 Å². The molecular formula is C22H32N4O3. The zero-order valence-electron chi connectivity index (χ0n) is 17.3. The van der Waals surface area contributed by atoms with Gasteiger partial charge in [-0.2, -0.15) is 0 Å². The molecule has 2 fully saturated rings. The highest BCUT2D eigenvalue weighted by Gasteiger charge is 2.31. The second-order valence-electron chi connectivity index (χ2n) is 8.01. The van der Waals surface area contributed by atoms with Gasteiger partial charge in [-0.25, -0.2) is 4.98 Å². The number of imidazole rings is 1. The van der Waals surface area contributed by atoms with E-state index in [1.807, 2.05) is 23.1 Å². The lowest BCUT2D eigenvalue weighted by Gasteiger charge is -2.36. The van der Waals surface area contributed by atoms with Crippen LogP contribution in [-0.2, 0) is 22.5 Å². The Morgan fingerprint density at radius 2 is 1.93 bits per heavy atom. The number of para-hydroxylation sites is 2. The molecule has 7 nitrogen and oxygen atoms in total. The quantitative estimate of drug-likeness (QED) is 0.827. The summed E-state index contributed by atoms with van der Waals surface area (Å²) in [5.41, 5.74) is 2.08. The first kappa shape index (κ1) is 20.3. The van der Waals surface area contributed by atoms with Crippen LogP contribution in [0, 0.1) is 0 Å². The Bertz CT molecular complexity index is 831. The molecule has 2 atom stereocenters. The second kappa shape index (κ2) is 9.24. The summed E-state index contributed by atoms with van der Waals surface area (Å²) in [5.74, 6) is 1.19. The van der Waals surface area contributed by atoms with Crippen LogP contribution in [0.15, 0.2) is 24.3 Å². The summed E-state index contributed by atoms with van der Waals surface area (Å²) in [5, 5.41) is 10.6. The number of benzene rings is 1. The lowest BCUT2D eigenvalue weighted by atomic mass is 10.0. The minimum atomic E-state index is -0.379. The third-order valence-electron chi connectivity index (χ3n) is 6.30. The third-order valence-corrected chi connectivity index (χ3v) is 6.30. The van der Waals surface area contributed by atoms with Gasteiger partial charge >= 0.3 is 0 Å². The largest absolute Gasteiger partial charge is 0.391 e. The predicted octanol–water partition coefficient (Wildman–Crippen LogP) is 1.67. The standard InChI is InChI=1S/C22H32N4O3/c1-2-21-23-17-5-3-4-6-18(17)26(21)12-9-22(28)25-10-7-19(20(27)8-11-25)24-13-15-29-16-14-24/h3-6,19-20,27H,2,7-16H2,1H3/t19-,20-/m0/s1. The highest BCUT2D eigenvalue weighted by molar-refractivity contribution is 5.78. The fourth-order valence-corrected chi connectivity index (χ4v) is 4.67. The number of aryl methyl sites for hydroxylation is 2. The Balaban J connectivity index is 1.38. The van der Waals surface area contributed by atoms with Crippen molar-refractivity contribution in [3.05, 3.63) is 30.1 Å². The van der Waals surface area contributed by atoms with Crippen molar-refractivity contribution in [1.82, 2.24) is 19.4 Å². The van der Waals surface area contributed by atoms with Crippen molar-refractivity contribution in [2.75, 3.05) is 39.4 Å². The number of morpholine rings is 1. The van der Waals surface area contributed by atoms with Crippen LogP contribution in [0.2, 0.25) is 0 Å². The van der Waals surface area contributed by atoms with Gasteiger partial charge in [-0.1, -0.05) is 19.1 Å². The molecule has 158 valence electrons. The minimum Gasteiger partial charge on any atom is -0.391 e. The molecule has 2 aliphatic rings. The Morgan fingerprint density at radius 3 is 2.72 bits per heavy atom. The van der Waals surface area contributed by atoms with E-state index < -0.39 is 0 Å². The molecule has 1 aromatic heterocycles. The molecule has 3 heterocycles. The number of amides is 1. The van der Waals surface area contributed by atoms with Crippen LogP contribution in [0.4, 0.5) is 0 Å². The summed E-state index contributed by atoms with van der Waals surface area (Å²) in [6.07, 6.45) is 2.39. The van der Waals surface area contributed by atoms with E-state index in [-0.39, 0.29) is 18.1 Å². The maximum atomic E-state index is 12.9. The average molecular weight is 401 g/mol. The van der Waals surface area contributed by atoms with Gasteiger partial charge in [0.05, 0.1) is 30.4 Å². The first-order chi connectivity index (χ1) is 14.2. The number of carbonyl (C=O) groups is 1. The van der Waals surface area contributed by atoms with Gasteiger partial charge in [0.2, 0.25) is 5.91 Å². The predicted molar refractivity (Wildman–Crippen MR) is 112 cm³/mol. The number of aliphatic hydroxyl groups is 1. The van der Waals surface area contributed by atoms with Crippen LogP contribution in [0.1, 0.15) is 32.0 Å². The number of fused-ring (bicyclic) bond motifs is 1. The van der Waals surface area contributed by atoms with Gasteiger partial charge < -0.3 is 19.3 Å². The van der Waals surface area contributed by atoms with Crippen molar-refractivity contribution in [2.45, 2.75) is 51.3 Å². The van der Waals surface area contributed by atoms with Crippen LogP contribution >= 0.6 is 0 Å². The number of aromatic nitrogens is 2. The van der Waals surface area contributed by atoms with Crippen LogP contribution in [0.3, 0.4) is 0 Å². The van der Waals surface area contributed by atoms with Crippen molar-refractivity contribution in [3.8, 4) is 0 Å². The van der Waals surface area contributed by atoms with Gasteiger partial charge in [0, 0.05) is 51.6 Å². The Labute approximate surface area is 172 Å². The monoisotopic (exact) mass is 400 g/mol. The number of likely N-dealkylation sites (tertiary alicyclic amines) is 1. The van der Waals surface area contributed by atoms with E-state index >= 15 is 0 Å². The maximum absolute atomic E-state index is 12.9. The highest BCUT2D eigenvalue weighted by Crippen LogP contribution is 2.21. The number of hydrogen-bond donors (Lipinski definition) is 1. The van der Waals surface area contributed by atoms with Gasteiger partial charge in [-0.05, 0) is 25.0 Å². The summed E-state index contributed by atoms with van der Waals surface area (Å²) in [6.45, 7) is 7.27. The lowest BCUT2D eigenvalue weighted by Crippen LogP contribution is -2.49. The normalized spacial score (nSPS) is 24.0. The van der Waals surface area contributed by atoms with Gasteiger partial charge in [0.15, 0.2) is 0 Å². The zero-order chi connectivity index (χ0) is 20.2. The molecule has 1 N–H and O–H groups in total. The van der Waals surface area contributed by atoms with E-state index in [9.17, 15) is 9.90 Å². The third kappa shape index (κ3) is 4.47. The second-order valence-corrected chi connectivity index (χ2v) is 8.01. The first-order valence-corrected chi connectivity index (χ1v) is 10.9. The first-order valence-electron chi connectivity index (χ1n) is 10.9. The molecule has 1 aromatic carbocycles. The van der Waals surface area contributed by atoms with E-state index in [1.54, 1.807) is 0 Å². The van der Waals surface area contributed by atoms with Crippen molar-refractivity contribution in [2.24, 2.45) is 0 Å². The summed E-state index contributed by atoms with van der Waals surface area (Å²) >= 11 is 0. The van der Waals surface area contributed by atoms with Gasteiger partial charge in [0.25, 0.3) is 0 Å². The molecule has 2 saturated heterocycles. The van der Waals surface area contributed by atoms with Gasteiger partial charge in [-0.15, -0.1) is 0 Å². The molecule has 0 aliphatic carbocycles. The smallest absolute Gasteiger partial charge is 0.224 e. The van der Waals surface area contributed by atoms with Gasteiger partial charge in [-0.3, -0.25) is 9.69 Å². The molecule has 0 spiro atoms. The van der Waals surface area contributed by atoms with E-state index in [0.29, 0.717) is 32.5 Å². The number of aliphatic hydroxyl groups excluding tert-OH is 1. The number of rotatable bonds is 5. The Hall–Kier alpha value is -1.96. The molecule has 7 heteroatoms. The molecule has 29 heavy (non-hydrogen) atoms. The minimum absolute atomic E-state index is 0.126. The van der Waals surface area contributed by atoms with Crippen molar-refractivity contribution in [3.63, 3.8) is 0 Å². The van der Waals surface area contributed by atoms with E-state index in [4.69, 9.17) is 9.72 Å². The lowest BCUT2D eigenvalue weighted by molar-refractivity contribution is -0.131. The van der Waals surface area contributed by atoms with Crippen molar-refractivity contribution >= 4 is 16.9 Å². The van der Waals surface area contributed by atoms with Crippen molar-refractivity contribution in [1.29, 1.82) is 0 Å². The molecule has 2 aliphatic heterocycles. The van der Waals surface area contributed by atoms with Crippen LogP contribution in [0.25, 0.3) is 11.0 Å². The Kier molecular flexibility index (Phi) is 6.47. The average Bonchev–Trinajstić information content (AvgIpc) is 3.00. The molecule has 0 unspecified atom stereocenters. The molecule has 1 amide bonds. The molecule has 2 aromatic rings. The van der Waals surface area contributed by atoms with E-state index in [1.165, 1.54) is 0 Å². The molecular weight excluding hydrogens is 368 g/mol. The van der Waals surface area contributed by atoms with Crippen LogP contribution in [0.5, 0.6) is 0 Å². The topological polar surface area (TPSA) is 70.8 Å². The highest BCUT2D eigenvalue weighted by atomic mass is 16.5. The molecule has 0 radical (unpaired) electrons. The number of ether oxygens (including phenoxy) is 1. The fraction of sp³-hybridized carbons (Fsp3) is 0.636. The fourth-order valence-electron chi connectivity index (χ4n) is 4.67.